The number of hydrogen-bond donors (Lipinski definition) is 1. The average molecular weight is 123 g/mol. The minimum absolute atomic E-state index is 1.02. The fourth-order valence-corrected chi connectivity index (χ4v) is 0.841. The molecule has 0 saturated carbocycles. The molecular formula is C6H5NS. The van der Waals surface area contributed by atoms with Crippen LogP contribution in [0.15, 0.2) is 23.4 Å². The number of aromatic nitrogens is 1. The van der Waals surface area contributed by atoms with Gasteiger partial charge in [-0.25, -0.2) is 0 Å². The van der Waals surface area contributed by atoms with Gasteiger partial charge in [0.15, 0.2) is 0 Å². The molecule has 0 amide bonds. The van der Waals surface area contributed by atoms with Crippen molar-refractivity contribution >= 4 is 11.8 Å². The van der Waals surface area contributed by atoms with Crippen LogP contribution in [0.2, 0.25) is 0 Å². The summed E-state index contributed by atoms with van der Waals surface area (Å²) in [7, 11) is 0. The Bertz CT molecular complexity index is 183. The van der Waals surface area contributed by atoms with Crippen LogP contribution in [0.25, 0.3) is 0 Å². The van der Waals surface area contributed by atoms with Gasteiger partial charge < -0.3 is 4.98 Å². The van der Waals surface area contributed by atoms with Crippen LogP contribution in [-0.4, -0.2) is 4.98 Å². The van der Waals surface area contributed by atoms with E-state index in [1.807, 2.05) is 18.3 Å². The van der Waals surface area contributed by atoms with Gasteiger partial charge in [-0.05, 0) is 29.1 Å². The van der Waals surface area contributed by atoms with Crippen molar-refractivity contribution in [2.24, 2.45) is 0 Å². The van der Waals surface area contributed by atoms with Gasteiger partial charge in [0, 0.05) is 6.20 Å². The van der Waals surface area contributed by atoms with E-state index in [0.29, 0.717) is 0 Å². The molecule has 0 aliphatic heterocycles. The van der Waals surface area contributed by atoms with Crippen molar-refractivity contribution in [1.29, 1.82) is 0 Å². The van der Waals surface area contributed by atoms with Gasteiger partial charge >= 0.3 is 0 Å². The number of H-pyrrole nitrogens is 1. The molecule has 1 nitrogen and oxygen atoms in total. The molecule has 0 saturated heterocycles. The molecule has 2 heteroatoms. The van der Waals surface area contributed by atoms with Crippen molar-refractivity contribution < 1.29 is 0 Å². The topological polar surface area (TPSA) is 15.8 Å². The second-order valence-corrected chi connectivity index (χ2v) is 2.13. The smallest absolute Gasteiger partial charge is 0.0849 e. The third-order valence-electron chi connectivity index (χ3n) is 0.738. The molecule has 1 aromatic rings. The largest absolute Gasteiger partial charge is 0.356 e. The summed E-state index contributed by atoms with van der Waals surface area (Å²) in [6.07, 6.45) is 6.86. The first-order valence-corrected chi connectivity index (χ1v) is 3.01. The molecule has 1 N–H and O–H groups in total. The lowest BCUT2D eigenvalue weighted by Gasteiger charge is -1.80. The molecule has 1 rings (SSSR count). The molecule has 0 spiro atoms. The average Bonchev–Trinajstić information content (AvgIpc) is 2.19. The lowest BCUT2D eigenvalue weighted by Crippen LogP contribution is -1.59. The van der Waals surface area contributed by atoms with Gasteiger partial charge in [-0.3, -0.25) is 0 Å². The van der Waals surface area contributed by atoms with Crippen LogP contribution in [0.5, 0.6) is 0 Å². The van der Waals surface area contributed by atoms with Crippen LogP contribution in [0, 0.1) is 11.7 Å². The Morgan fingerprint density at radius 2 is 2.62 bits per heavy atom. The summed E-state index contributed by atoms with van der Waals surface area (Å²) in [6, 6.07) is 3.85. The molecule has 40 valence electrons. The van der Waals surface area contributed by atoms with Crippen LogP contribution >= 0.6 is 11.8 Å². The van der Waals surface area contributed by atoms with Gasteiger partial charge in [0.2, 0.25) is 0 Å². The molecule has 1 heterocycles. The van der Waals surface area contributed by atoms with E-state index in [2.05, 4.69) is 10.2 Å². The summed E-state index contributed by atoms with van der Waals surface area (Å²) >= 11 is 1.35. The van der Waals surface area contributed by atoms with Crippen molar-refractivity contribution in [3.8, 4) is 11.7 Å². The van der Waals surface area contributed by atoms with Crippen molar-refractivity contribution in [2.45, 2.75) is 5.03 Å². The zero-order valence-corrected chi connectivity index (χ0v) is 5.03. The molecule has 0 fully saturated rings. The van der Waals surface area contributed by atoms with Crippen LogP contribution < -0.4 is 0 Å². The van der Waals surface area contributed by atoms with Crippen molar-refractivity contribution in [1.82, 2.24) is 4.98 Å². The molecule has 0 aromatic carbocycles. The highest BCUT2D eigenvalue weighted by Crippen LogP contribution is 2.11. The predicted octanol–water partition coefficient (Wildman–Crippen LogP) is 1.70. The summed E-state index contributed by atoms with van der Waals surface area (Å²) in [5.74, 6) is 0. The molecule has 0 aliphatic carbocycles. The molecule has 0 atom stereocenters. The first-order valence-electron chi connectivity index (χ1n) is 2.19. The maximum Gasteiger partial charge on any atom is 0.0849 e. The first kappa shape index (κ1) is 5.33. The van der Waals surface area contributed by atoms with E-state index < -0.39 is 0 Å². The third-order valence-corrected chi connectivity index (χ3v) is 1.33. The maximum absolute atomic E-state index is 5.01. The van der Waals surface area contributed by atoms with E-state index in [0.717, 1.165) is 5.03 Å². The highest BCUT2D eigenvalue weighted by Gasteiger charge is 1.84. The second-order valence-electron chi connectivity index (χ2n) is 1.25. The molecule has 0 radical (unpaired) electrons. The monoisotopic (exact) mass is 123 g/mol. The summed E-state index contributed by atoms with van der Waals surface area (Å²) in [5, 5.41) is 3.48. The first-order chi connectivity index (χ1) is 3.93. The molecule has 0 bridgehead atoms. The Hall–Kier alpha value is -0.810. The fraction of sp³-hybridized carbons (Fsp3) is 0. The van der Waals surface area contributed by atoms with Crippen LogP contribution in [0.1, 0.15) is 0 Å². The van der Waals surface area contributed by atoms with E-state index >= 15 is 0 Å². The van der Waals surface area contributed by atoms with E-state index in [-0.39, 0.29) is 0 Å². The highest BCUT2D eigenvalue weighted by atomic mass is 32.2. The zero-order chi connectivity index (χ0) is 5.82. The number of rotatable bonds is 1. The van der Waals surface area contributed by atoms with E-state index in [4.69, 9.17) is 6.42 Å². The molecular weight excluding hydrogens is 118 g/mol. The lowest BCUT2D eigenvalue weighted by molar-refractivity contribution is 1.21. The van der Waals surface area contributed by atoms with Gasteiger partial charge in [0.25, 0.3) is 0 Å². The normalized spacial score (nSPS) is 8.38. The Balaban J connectivity index is 2.67. The van der Waals surface area contributed by atoms with E-state index in [9.17, 15) is 0 Å². The fourth-order valence-electron chi connectivity index (χ4n) is 0.441. The van der Waals surface area contributed by atoms with Gasteiger partial charge in [-0.1, -0.05) is 0 Å². The highest BCUT2D eigenvalue weighted by molar-refractivity contribution is 8.03. The minimum Gasteiger partial charge on any atom is -0.356 e. The molecule has 8 heavy (non-hydrogen) atoms. The lowest BCUT2D eigenvalue weighted by atomic mass is 10.7. The molecule has 1 aromatic heterocycles. The van der Waals surface area contributed by atoms with Gasteiger partial charge in [-0.15, -0.1) is 6.42 Å². The number of aromatic amines is 1. The number of nitrogens with one attached hydrogen (secondary N) is 1. The maximum atomic E-state index is 5.01. The Morgan fingerprint density at radius 3 is 3.12 bits per heavy atom. The van der Waals surface area contributed by atoms with Gasteiger partial charge in [-0.2, -0.15) is 0 Å². The van der Waals surface area contributed by atoms with Crippen LogP contribution in [0.3, 0.4) is 0 Å². The Labute approximate surface area is 52.5 Å². The Kier molecular flexibility index (Phi) is 1.66. The number of thioether (sulfide) groups is 1. The zero-order valence-electron chi connectivity index (χ0n) is 4.22. The predicted molar refractivity (Wildman–Crippen MR) is 35.5 cm³/mol. The molecule has 0 unspecified atom stereocenters. The third kappa shape index (κ3) is 1.08. The van der Waals surface area contributed by atoms with Crippen molar-refractivity contribution in [3.05, 3.63) is 18.3 Å². The molecule has 0 aliphatic rings. The van der Waals surface area contributed by atoms with E-state index in [1.54, 1.807) is 0 Å². The SMILES string of the molecule is C#CSc1ccc[nH]1. The summed E-state index contributed by atoms with van der Waals surface area (Å²) in [6.45, 7) is 0. The summed E-state index contributed by atoms with van der Waals surface area (Å²) in [4.78, 5) is 2.96. The Morgan fingerprint density at radius 1 is 1.75 bits per heavy atom. The van der Waals surface area contributed by atoms with Gasteiger partial charge in [0.05, 0.1) is 5.03 Å². The van der Waals surface area contributed by atoms with Crippen LogP contribution in [-0.2, 0) is 0 Å². The number of hydrogen-bond acceptors (Lipinski definition) is 1. The quantitative estimate of drug-likeness (QED) is 0.444. The number of terminal acetylenes is 1. The summed E-state index contributed by atoms with van der Waals surface area (Å²) in [5.41, 5.74) is 0. The standard InChI is InChI=1S/C6H5NS/c1-2-8-6-4-3-5-7-6/h1,3-5,7H. The second kappa shape index (κ2) is 2.49. The minimum atomic E-state index is 1.02. The van der Waals surface area contributed by atoms with Crippen molar-refractivity contribution in [2.75, 3.05) is 0 Å². The van der Waals surface area contributed by atoms with Crippen molar-refractivity contribution in [3.63, 3.8) is 0 Å². The van der Waals surface area contributed by atoms with Gasteiger partial charge in [0.1, 0.15) is 0 Å². The van der Waals surface area contributed by atoms with Crippen LogP contribution in [0.4, 0.5) is 0 Å². The van der Waals surface area contributed by atoms with E-state index in [1.165, 1.54) is 11.8 Å². The summed E-state index contributed by atoms with van der Waals surface area (Å²) < 4.78 is 0.